The predicted molar refractivity (Wildman–Crippen MR) is 75.4 cm³/mol. The van der Waals surface area contributed by atoms with Crippen LogP contribution in [-0.4, -0.2) is 23.1 Å². The Kier molecular flexibility index (Phi) is 3.94. The minimum Gasteiger partial charge on any atom is -0.388 e. The molecule has 0 bridgehead atoms. The van der Waals surface area contributed by atoms with Crippen molar-refractivity contribution < 1.29 is 0 Å². The Bertz CT molecular complexity index is 388. The second-order valence-electron chi connectivity index (χ2n) is 4.63. The van der Waals surface area contributed by atoms with E-state index in [0.717, 1.165) is 19.0 Å². The zero-order valence-corrected chi connectivity index (χ0v) is 11.0. The zero-order valence-electron chi connectivity index (χ0n) is 10.2. The molecule has 2 heterocycles. The summed E-state index contributed by atoms with van der Waals surface area (Å²) in [7, 11) is 0. The van der Waals surface area contributed by atoms with Crippen molar-refractivity contribution in [3.63, 3.8) is 0 Å². The van der Waals surface area contributed by atoms with Crippen LogP contribution in [0.1, 0.15) is 31.9 Å². The number of nitrogens with zero attached hydrogens (tertiary/aromatic N) is 2. The average molecular weight is 249 g/mol. The monoisotopic (exact) mass is 249 g/mol. The second kappa shape index (κ2) is 5.45. The number of piperidine rings is 1. The van der Waals surface area contributed by atoms with Crippen molar-refractivity contribution in [2.45, 2.75) is 26.2 Å². The lowest BCUT2D eigenvalue weighted by molar-refractivity contribution is 0.404. The first-order valence-corrected chi connectivity index (χ1v) is 6.62. The molecule has 1 aliphatic heterocycles. The minimum absolute atomic E-state index is 0.363. The van der Waals surface area contributed by atoms with Gasteiger partial charge in [0, 0.05) is 13.1 Å². The van der Waals surface area contributed by atoms with Crippen LogP contribution >= 0.6 is 12.2 Å². The standard InChI is InChI=1S/C13H19N3S/c1-2-10-4-3-7-16(9-10)11-5-6-12(13(14)17)15-8-11/h5-6,8,10H,2-4,7,9H2,1H3,(H2,14,17). The number of hydrogen-bond donors (Lipinski definition) is 1. The van der Waals surface area contributed by atoms with E-state index < -0.39 is 0 Å². The highest BCUT2D eigenvalue weighted by Crippen LogP contribution is 2.24. The summed E-state index contributed by atoms with van der Waals surface area (Å²) in [5.41, 5.74) is 7.43. The van der Waals surface area contributed by atoms with Crippen LogP contribution in [0.5, 0.6) is 0 Å². The molecule has 0 aliphatic carbocycles. The Balaban J connectivity index is 2.08. The van der Waals surface area contributed by atoms with Gasteiger partial charge in [-0.2, -0.15) is 0 Å². The van der Waals surface area contributed by atoms with Gasteiger partial charge in [-0.15, -0.1) is 0 Å². The first-order chi connectivity index (χ1) is 8.20. The summed E-state index contributed by atoms with van der Waals surface area (Å²) in [4.78, 5) is 7.07. The molecule has 1 saturated heterocycles. The summed E-state index contributed by atoms with van der Waals surface area (Å²) >= 11 is 4.90. The maximum atomic E-state index is 5.54. The van der Waals surface area contributed by atoms with Gasteiger partial charge < -0.3 is 10.6 Å². The fourth-order valence-corrected chi connectivity index (χ4v) is 2.47. The van der Waals surface area contributed by atoms with E-state index in [9.17, 15) is 0 Å². The molecule has 1 aromatic rings. The van der Waals surface area contributed by atoms with Crippen LogP contribution in [0.2, 0.25) is 0 Å². The van der Waals surface area contributed by atoms with E-state index in [1.165, 1.54) is 24.9 Å². The summed E-state index contributed by atoms with van der Waals surface area (Å²) < 4.78 is 0. The molecule has 92 valence electrons. The Hall–Kier alpha value is -1.16. The topological polar surface area (TPSA) is 42.1 Å². The van der Waals surface area contributed by atoms with Gasteiger partial charge in [-0.1, -0.05) is 25.6 Å². The number of rotatable bonds is 3. The second-order valence-corrected chi connectivity index (χ2v) is 5.07. The van der Waals surface area contributed by atoms with E-state index in [2.05, 4.69) is 22.9 Å². The van der Waals surface area contributed by atoms with E-state index in [1.54, 1.807) is 0 Å². The van der Waals surface area contributed by atoms with Gasteiger partial charge >= 0.3 is 0 Å². The number of thiocarbonyl (C=S) groups is 1. The average Bonchev–Trinajstić information content (AvgIpc) is 2.39. The normalized spacial score (nSPS) is 20.3. The summed E-state index contributed by atoms with van der Waals surface area (Å²) in [6.07, 6.45) is 5.77. The number of anilines is 1. The third kappa shape index (κ3) is 2.94. The van der Waals surface area contributed by atoms with Gasteiger partial charge in [0.2, 0.25) is 0 Å². The molecule has 1 aromatic heterocycles. The smallest absolute Gasteiger partial charge is 0.122 e. The Labute approximate surface area is 108 Å². The van der Waals surface area contributed by atoms with Crippen LogP contribution in [0.25, 0.3) is 0 Å². The number of nitrogens with two attached hydrogens (primary N) is 1. The molecule has 1 atom stereocenters. The highest BCUT2D eigenvalue weighted by molar-refractivity contribution is 7.80. The van der Waals surface area contributed by atoms with Gasteiger partial charge in [0.1, 0.15) is 4.99 Å². The summed E-state index contributed by atoms with van der Waals surface area (Å²) in [5, 5.41) is 0. The van der Waals surface area contributed by atoms with E-state index in [-0.39, 0.29) is 0 Å². The molecule has 0 amide bonds. The van der Waals surface area contributed by atoms with Gasteiger partial charge in [-0.3, -0.25) is 4.98 Å². The number of aromatic nitrogens is 1. The van der Waals surface area contributed by atoms with Crippen molar-refractivity contribution in [2.24, 2.45) is 11.7 Å². The molecule has 0 radical (unpaired) electrons. The van der Waals surface area contributed by atoms with Crippen LogP contribution in [-0.2, 0) is 0 Å². The molecule has 1 unspecified atom stereocenters. The molecule has 0 spiro atoms. The van der Waals surface area contributed by atoms with Crippen molar-refractivity contribution in [3.05, 3.63) is 24.0 Å². The van der Waals surface area contributed by atoms with Crippen molar-refractivity contribution in [2.75, 3.05) is 18.0 Å². The Morgan fingerprint density at radius 3 is 3.00 bits per heavy atom. The lowest BCUT2D eigenvalue weighted by Gasteiger charge is -2.33. The van der Waals surface area contributed by atoms with E-state index in [0.29, 0.717) is 10.7 Å². The van der Waals surface area contributed by atoms with Crippen LogP contribution in [0.15, 0.2) is 18.3 Å². The van der Waals surface area contributed by atoms with Crippen molar-refractivity contribution in [1.29, 1.82) is 0 Å². The first-order valence-electron chi connectivity index (χ1n) is 6.21. The first kappa shape index (κ1) is 12.3. The van der Waals surface area contributed by atoms with E-state index in [4.69, 9.17) is 18.0 Å². The molecule has 4 heteroatoms. The molecule has 17 heavy (non-hydrogen) atoms. The lowest BCUT2D eigenvalue weighted by Crippen LogP contribution is -2.35. The maximum absolute atomic E-state index is 5.54. The van der Waals surface area contributed by atoms with Gasteiger partial charge in [0.25, 0.3) is 0 Å². The highest BCUT2D eigenvalue weighted by Gasteiger charge is 2.18. The largest absolute Gasteiger partial charge is 0.388 e. The van der Waals surface area contributed by atoms with Crippen molar-refractivity contribution in [1.82, 2.24) is 4.98 Å². The third-order valence-electron chi connectivity index (χ3n) is 3.46. The molecule has 3 nitrogen and oxygen atoms in total. The molecule has 0 aromatic carbocycles. The van der Waals surface area contributed by atoms with Crippen LogP contribution in [0.3, 0.4) is 0 Å². The number of pyridine rings is 1. The SMILES string of the molecule is CCC1CCCN(c2ccc(C(N)=S)nc2)C1. The van der Waals surface area contributed by atoms with E-state index in [1.807, 2.05) is 12.3 Å². The molecule has 1 aliphatic rings. The van der Waals surface area contributed by atoms with Gasteiger partial charge in [-0.25, -0.2) is 0 Å². The maximum Gasteiger partial charge on any atom is 0.122 e. The summed E-state index contributed by atoms with van der Waals surface area (Å²) in [5.74, 6) is 0.819. The molecule has 0 saturated carbocycles. The molecule has 2 rings (SSSR count). The fourth-order valence-electron chi connectivity index (χ4n) is 2.35. The van der Waals surface area contributed by atoms with E-state index >= 15 is 0 Å². The minimum atomic E-state index is 0.363. The Morgan fingerprint density at radius 1 is 1.59 bits per heavy atom. The summed E-state index contributed by atoms with van der Waals surface area (Å²) in [6.45, 7) is 4.54. The molecule has 1 fully saturated rings. The van der Waals surface area contributed by atoms with Crippen molar-refractivity contribution >= 4 is 22.9 Å². The third-order valence-corrected chi connectivity index (χ3v) is 3.67. The van der Waals surface area contributed by atoms with Gasteiger partial charge in [0.05, 0.1) is 17.6 Å². The predicted octanol–water partition coefficient (Wildman–Crippen LogP) is 2.34. The molecular formula is C13H19N3S. The molecular weight excluding hydrogens is 230 g/mol. The van der Waals surface area contributed by atoms with Crippen LogP contribution < -0.4 is 10.6 Å². The summed E-state index contributed by atoms with van der Waals surface area (Å²) in [6, 6.07) is 3.98. The fraction of sp³-hybridized carbons (Fsp3) is 0.538. The van der Waals surface area contributed by atoms with Crippen LogP contribution in [0, 0.1) is 5.92 Å². The van der Waals surface area contributed by atoms with Crippen molar-refractivity contribution in [3.8, 4) is 0 Å². The lowest BCUT2D eigenvalue weighted by atomic mass is 9.95. The number of hydrogen-bond acceptors (Lipinski definition) is 3. The van der Waals surface area contributed by atoms with Crippen LogP contribution in [0.4, 0.5) is 5.69 Å². The van der Waals surface area contributed by atoms with Gasteiger partial charge in [-0.05, 0) is 30.9 Å². The quantitative estimate of drug-likeness (QED) is 0.835. The highest BCUT2D eigenvalue weighted by atomic mass is 32.1. The Morgan fingerprint density at radius 2 is 2.41 bits per heavy atom. The van der Waals surface area contributed by atoms with Gasteiger partial charge in [0.15, 0.2) is 0 Å². The zero-order chi connectivity index (χ0) is 12.3. The molecule has 2 N–H and O–H groups in total.